The summed E-state index contributed by atoms with van der Waals surface area (Å²) in [5.41, 5.74) is 6.55. The van der Waals surface area contributed by atoms with E-state index in [1.807, 2.05) is 48.7 Å². The van der Waals surface area contributed by atoms with E-state index in [0.29, 0.717) is 23.5 Å². The van der Waals surface area contributed by atoms with E-state index in [0.717, 1.165) is 32.7 Å². The lowest BCUT2D eigenvalue weighted by Gasteiger charge is -2.18. The third kappa shape index (κ3) is 4.80. The van der Waals surface area contributed by atoms with Crippen LogP contribution in [-0.4, -0.2) is 39.6 Å². The molecule has 0 radical (unpaired) electrons. The van der Waals surface area contributed by atoms with Crippen molar-refractivity contribution in [3.63, 3.8) is 0 Å². The second kappa shape index (κ2) is 9.79. The average Bonchev–Trinajstić information content (AvgIpc) is 3.21. The first-order valence-electron chi connectivity index (χ1n) is 10.7. The number of aliphatic hydroxyl groups is 1. The van der Waals surface area contributed by atoms with Gasteiger partial charge < -0.3 is 14.6 Å². The van der Waals surface area contributed by atoms with Crippen LogP contribution in [0.15, 0.2) is 70.0 Å². The zero-order chi connectivity index (χ0) is 23.5. The highest BCUT2D eigenvalue weighted by Gasteiger charge is 2.23. The highest BCUT2D eigenvalue weighted by atomic mass is 32.2. The van der Waals surface area contributed by atoms with Gasteiger partial charge in [-0.05, 0) is 60.6 Å². The number of rotatable bonds is 8. The molecule has 33 heavy (non-hydrogen) atoms. The van der Waals surface area contributed by atoms with Crippen LogP contribution in [0.2, 0.25) is 0 Å². The standard InChI is InChI=1S/C26H26N2O4S/c1-15-19(17-8-5-4-6-9-17)10-7-11-20(15)25-28-21-12-18(23(33-3)13-22(21)32-25)14-27-24(16(2)29)26(30)31/h4-13,16,24,27,29H,14H2,1-3H3,(H,30,31). The van der Waals surface area contributed by atoms with Crippen LogP contribution in [0.4, 0.5) is 0 Å². The molecule has 0 aliphatic carbocycles. The third-order valence-corrected chi connectivity index (χ3v) is 6.52. The van der Waals surface area contributed by atoms with Gasteiger partial charge in [0.25, 0.3) is 0 Å². The molecule has 0 aliphatic rings. The van der Waals surface area contributed by atoms with Gasteiger partial charge in [0, 0.05) is 17.0 Å². The fraction of sp³-hybridized carbons (Fsp3) is 0.231. The van der Waals surface area contributed by atoms with E-state index in [1.165, 1.54) is 6.92 Å². The number of nitrogens with zero attached hydrogens (tertiary/aromatic N) is 1. The molecule has 0 aliphatic heterocycles. The summed E-state index contributed by atoms with van der Waals surface area (Å²) in [6.45, 7) is 3.82. The van der Waals surface area contributed by atoms with Gasteiger partial charge in [-0.1, -0.05) is 42.5 Å². The Morgan fingerprint density at radius 3 is 2.52 bits per heavy atom. The molecular weight excluding hydrogens is 436 g/mol. The number of hydrogen-bond acceptors (Lipinski definition) is 6. The van der Waals surface area contributed by atoms with E-state index in [1.54, 1.807) is 11.8 Å². The fourth-order valence-electron chi connectivity index (χ4n) is 3.92. The first-order chi connectivity index (χ1) is 15.9. The second-order valence-electron chi connectivity index (χ2n) is 7.93. The molecule has 0 saturated carbocycles. The summed E-state index contributed by atoms with van der Waals surface area (Å²) in [5.74, 6) is -0.542. The molecule has 0 amide bonds. The van der Waals surface area contributed by atoms with Crippen molar-refractivity contribution in [3.05, 3.63) is 71.8 Å². The van der Waals surface area contributed by atoms with Gasteiger partial charge in [0.1, 0.15) is 11.6 Å². The number of carboxylic acids is 1. The van der Waals surface area contributed by atoms with Crippen LogP contribution < -0.4 is 5.32 Å². The van der Waals surface area contributed by atoms with Crippen LogP contribution in [-0.2, 0) is 11.3 Å². The number of carbonyl (C=O) groups is 1. The number of benzene rings is 3. The number of hydrogen-bond donors (Lipinski definition) is 3. The van der Waals surface area contributed by atoms with Crippen molar-refractivity contribution in [2.75, 3.05) is 6.26 Å². The maximum absolute atomic E-state index is 11.4. The van der Waals surface area contributed by atoms with Gasteiger partial charge >= 0.3 is 5.97 Å². The molecule has 6 nitrogen and oxygen atoms in total. The van der Waals surface area contributed by atoms with Crippen LogP contribution in [0.1, 0.15) is 18.1 Å². The minimum absolute atomic E-state index is 0.290. The predicted octanol–water partition coefficient (Wildman–Crippen LogP) is 5.12. The molecule has 170 valence electrons. The first kappa shape index (κ1) is 23.0. The summed E-state index contributed by atoms with van der Waals surface area (Å²) in [5, 5.41) is 22.0. The number of fused-ring (bicyclic) bond motifs is 1. The van der Waals surface area contributed by atoms with E-state index < -0.39 is 18.1 Å². The van der Waals surface area contributed by atoms with Gasteiger partial charge in [0.15, 0.2) is 5.58 Å². The largest absolute Gasteiger partial charge is 0.480 e. The van der Waals surface area contributed by atoms with Crippen LogP contribution in [0, 0.1) is 6.92 Å². The lowest BCUT2D eigenvalue weighted by atomic mass is 9.96. The number of nitrogens with one attached hydrogen (secondary N) is 1. The number of aliphatic carboxylic acids is 1. The first-order valence-corrected chi connectivity index (χ1v) is 11.9. The van der Waals surface area contributed by atoms with Crippen molar-refractivity contribution >= 4 is 28.8 Å². The smallest absolute Gasteiger partial charge is 0.323 e. The fourth-order valence-corrected chi connectivity index (χ4v) is 4.54. The van der Waals surface area contributed by atoms with E-state index in [9.17, 15) is 15.0 Å². The molecule has 1 heterocycles. The van der Waals surface area contributed by atoms with Gasteiger partial charge in [-0.25, -0.2) is 4.98 Å². The summed E-state index contributed by atoms with van der Waals surface area (Å²) in [4.78, 5) is 17.1. The van der Waals surface area contributed by atoms with Crippen molar-refractivity contribution in [2.45, 2.75) is 37.4 Å². The highest BCUT2D eigenvalue weighted by molar-refractivity contribution is 7.98. The Labute approximate surface area is 196 Å². The normalized spacial score (nSPS) is 13.2. The Morgan fingerprint density at radius 1 is 1.12 bits per heavy atom. The maximum Gasteiger partial charge on any atom is 0.323 e. The zero-order valence-electron chi connectivity index (χ0n) is 18.7. The Hall–Kier alpha value is -3.13. The van der Waals surface area contributed by atoms with Crippen molar-refractivity contribution in [1.82, 2.24) is 10.3 Å². The van der Waals surface area contributed by atoms with Gasteiger partial charge in [0.2, 0.25) is 5.89 Å². The topological polar surface area (TPSA) is 95.6 Å². The van der Waals surface area contributed by atoms with Gasteiger partial charge in [-0.3, -0.25) is 10.1 Å². The quantitative estimate of drug-likeness (QED) is 0.313. The van der Waals surface area contributed by atoms with Crippen molar-refractivity contribution < 1.29 is 19.4 Å². The van der Waals surface area contributed by atoms with Gasteiger partial charge in [-0.2, -0.15) is 0 Å². The van der Waals surface area contributed by atoms with Crippen LogP contribution in [0.3, 0.4) is 0 Å². The predicted molar refractivity (Wildman–Crippen MR) is 131 cm³/mol. The lowest BCUT2D eigenvalue weighted by Crippen LogP contribution is -2.44. The van der Waals surface area contributed by atoms with E-state index in [4.69, 9.17) is 9.40 Å². The monoisotopic (exact) mass is 462 g/mol. The molecule has 0 fully saturated rings. The number of carboxylic acid groups (broad SMARTS) is 1. The summed E-state index contributed by atoms with van der Waals surface area (Å²) >= 11 is 1.55. The zero-order valence-corrected chi connectivity index (χ0v) is 19.5. The molecule has 3 aromatic carbocycles. The number of aromatic nitrogens is 1. The average molecular weight is 463 g/mol. The molecule has 7 heteroatoms. The molecule has 0 saturated heterocycles. The molecule has 0 spiro atoms. The summed E-state index contributed by atoms with van der Waals surface area (Å²) < 4.78 is 6.15. The summed E-state index contributed by atoms with van der Waals surface area (Å²) in [6, 6.07) is 19.1. The molecule has 4 rings (SSSR count). The Kier molecular flexibility index (Phi) is 6.83. The molecule has 3 N–H and O–H groups in total. The molecule has 2 atom stereocenters. The van der Waals surface area contributed by atoms with E-state index >= 15 is 0 Å². The lowest BCUT2D eigenvalue weighted by molar-refractivity contribution is -0.142. The number of thioether (sulfide) groups is 1. The van der Waals surface area contributed by atoms with Crippen molar-refractivity contribution in [1.29, 1.82) is 0 Å². The molecule has 0 bridgehead atoms. The Morgan fingerprint density at radius 2 is 1.85 bits per heavy atom. The maximum atomic E-state index is 11.4. The van der Waals surface area contributed by atoms with Gasteiger partial charge in [0.05, 0.1) is 6.10 Å². The Balaban J connectivity index is 1.70. The minimum atomic E-state index is -1.09. The molecule has 2 unspecified atom stereocenters. The number of aliphatic hydroxyl groups excluding tert-OH is 1. The van der Waals surface area contributed by atoms with E-state index in [-0.39, 0.29) is 0 Å². The minimum Gasteiger partial charge on any atom is -0.480 e. The second-order valence-corrected chi connectivity index (χ2v) is 8.78. The third-order valence-electron chi connectivity index (χ3n) is 5.70. The van der Waals surface area contributed by atoms with E-state index in [2.05, 4.69) is 30.4 Å². The number of oxazole rings is 1. The van der Waals surface area contributed by atoms with Crippen molar-refractivity contribution in [2.24, 2.45) is 0 Å². The van der Waals surface area contributed by atoms with Crippen molar-refractivity contribution in [3.8, 4) is 22.6 Å². The SMILES string of the molecule is CSc1cc2oc(-c3cccc(-c4ccccc4)c3C)nc2cc1CNC(C(=O)O)C(C)O. The van der Waals surface area contributed by atoms with Crippen LogP contribution in [0.25, 0.3) is 33.7 Å². The van der Waals surface area contributed by atoms with Gasteiger partial charge in [-0.15, -0.1) is 11.8 Å². The Bertz CT molecular complexity index is 1280. The molecular formula is C26H26N2O4S. The van der Waals surface area contributed by atoms with Crippen LogP contribution in [0.5, 0.6) is 0 Å². The molecule has 4 aromatic rings. The highest BCUT2D eigenvalue weighted by Crippen LogP contribution is 2.34. The summed E-state index contributed by atoms with van der Waals surface area (Å²) in [7, 11) is 0. The molecule has 1 aromatic heterocycles. The summed E-state index contributed by atoms with van der Waals surface area (Å²) in [6.07, 6.45) is 0.946. The van der Waals surface area contributed by atoms with Crippen LogP contribution >= 0.6 is 11.8 Å².